The van der Waals surface area contributed by atoms with Crippen LogP contribution < -0.4 is 0 Å². The summed E-state index contributed by atoms with van der Waals surface area (Å²) >= 11 is 0. The van der Waals surface area contributed by atoms with Crippen LogP contribution in [-0.2, 0) is 0 Å². The minimum absolute atomic E-state index is 0.0257. The van der Waals surface area contributed by atoms with Gasteiger partial charge in [-0.1, -0.05) is 36.4 Å². The van der Waals surface area contributed by atoms with Crippen LogP contribution in [0, 0.1) is 17.0 Å². The molecule has 0 radical (unpaired) electrons. The summed E-state index contributed by atoms with van der Waals surface area (Å²) in [7, 11) is 0. The summed E-state index contributed by atoms with van der Waals surface area (Å²) < 4.78 is 0. The second kappa shape index (κ2) is 5.84. The SMILES string of the molecule is Cc1ccc(N=Nc2c(O)ccc3ccccc23)c([N+](=O)[O-])c1. The van der Waals surface area contributed by atoms with E-state index in [4.69, 9.17) is 0 Å². The standard InChI is InChI=1S/C17H13N3O3/c1-11-6-8-14(15(10-11)20(22)23)18-19-17-13-5-3-2-4-12(13)7-9-16(17)21/h2-10,21H,1H3. The van der Waals surface area contributed by atoms with Crippen LogP contribution in [0.3, 0.4) is 0 Å². The zero-order chi connectivity index (χ0) is 16.4. The van der Waals surface area contributed by atoms with E-state index in [0.717, 1.165) is 16.3 Å². The topological polar surface area (TPSA) is 88.1 Å². The fourth-order valence-electron chi connectivity index (χ4n) is 2.32. The number of aromatic hydroxyl groups is 1. The first-order valence-corrected chi connectivity index (χ1v) is 6.94. The van der Waals surface area contributed by atoms with Crippen molar-refractivity contribution in [1.82, 2.24) is 0 Å². The van der Waals surface area contributed by atoms with E-state index in [-0.39, 0.29) is 22.8 Å². The summed E-state index contributed by atoms with van der Waals surface area (Å²) in [6.07, 6.45) is 0. The number of aryl methyl sites for hydroxylation is 1. The van der Waals surface area contributed by atoms with Gasteiger partial charge in [0, 0.05) is 11.5 Å². The maximum Gasteiger partial charge on any atom is 0.296 e. The van der Waals surface area contributed by atoms with Gasteiger partial charge in [-0.2, -0.15) is 0 Å². The van der Waals surface area contributed by atoms with Crippen LogP contribution in [-0.4, -0.2) is 10.0 Å². The molecule has 0 aliphatic carbocycles. The van der Waals surface area contributed by atoms with E-state index in [1.54, 1.807) is 25.1 Å². The van der Waals surface area contributed by atoms with Crippen molar-refractivity contribution >= 4 is 27.8 Å². The van der Waals surface area contributed by atoms with Crippen molar-refractivity contribution in [3.05, 3.63) is 70.3 Å². The summed E-state index contributed by atoms with van der Waals surface area (Å²) in [5.74, 6) is -0.0257. The lowest BCUT2D eigenvalue weighted by molar-refractivity contribution is -0.384. The minimum Gasteiger partial charge on any atom is -0.506 e. The zero-order valence-corrected chi connectivity index (χ0v) is 12.3. The quantitative estimate of drug-likeness (QED) is 0.411. The molecule has 0 atom stereocenters. The molecule has 0 saturated heterocycles. The summed E-state index contributed by atoms with van der Waals surface area (Å²) in [4.78, 5) is 10.6. The van der Waals surface area contributed by atoms with Crippen molar-refractivity contribution < 1.29 is 10.0 Å². The fourth-order valence-corrected chi connectivity index (χ4v) is 2.32. The van der Waals surface area contributed by atoms with Crippen LogP contribution in [0.15, 0.2) is 64.8 Å². The van der Waals surface area contributed by atoms with E-state index in [9.17, 15) is 15.2 Å². The molecule has 0 spiro atoms. The van der Waals surface area contributed by atoms with Gasteiger partial charge < -0.3 is 5.11 Å². The first-order chi connectivity index (χ1) is 11.1. The Labute approximate surface area is 131 Å². The highest BCUT2D eigenvalue weighted by Crippen LogP contribution is 2.37. The molecular weight excluding hydrogens is 294 g/mol. The fraction of sp³-hybridized carbons (Fsp3) is 0.0588. The molecule has 3 rings (SSSR count). The van der Waals surface area contributed by atoms with Gasteiger partial charge >= 0.3 is 0 Å². The maximum absolute atomic E-state index is 11.1. The van der Waals surface area contributed by atoms with Crippen LogP contribution in [0.25, 0.3) is 10.8 Å². The van der Waals surface area contributed by atoms with E-state index >= 15 is 0 Å². The second-order valence-electron chi connectivity index (χ2n) is 5.10. The molecule has 3 aromatic rings. The third kappa shape index (κ3) is 2.87. The maximum atomic E-state index is 11.1. The third-order valence-corrected chi connectivity index (χ3v) is 3.46. The van der Waals surface area contributed by atoms with Gasteiger partial charge in [-0.3, -0.25) is 10.1 Å². The lowest BCUT2D eigenvalue weighted by Crippen LogP contribution is -1.88. The highest BCUT2D eigenvalue weighted by Gasteiger charge is 2.14. The van der Waals surface area contributed by atoms with Crippen molar-refractivity contribution in [2.45, 2.75) is 6.92 Å². The normalized spacial score (nSPS) is 11.2. The number of nitrogens with zero attached hydrogens (tertiary/aromatic N) is 3. The van der Waals surface area contributed by atoms with Crippen molar-refractivity contribution in [3.63, 3.8) is 0 Å². The lowest BCUT2D eigenvalue weighted by atomic mass is 10.1. The Hall–Kier alpha value is -3.28. The van der Waals surface area contributed by atoms with E-state index in [1.807, 2.05) is 24.3 Å². The molecule has 6 heteroatoms. The number of fused-ring (bicyclic) bond motifs is 1. The molecule has 0 bridgehead atoms. The molecule has 0 aliphatic rings. The van der Waals surface area contributed by atoms with Crippen molar-refractivity contribution in [1.29, 1.82) is 0 Å². The van der Waals surface area contributed by atoms with E-state index < -0.39 is 4.92 Å². The molecule has 0 amide bonds. The lowest BCUT2D eigenvalue weighted by Gasteiger charge is -2.03. The van der Waals surface area contributed by atoms with E-state index in [0.29, 0.717) is 0 Å². The van der Waals surface area contributed by atoms with Crippen LogP contribution >= 0.6 is 0 Å². The average Bonchev–Trinajstić information content (AvgIpc) is 2.54. The van der Waals surface area contributed by atoms with Gasteiger partial charge in [0.25, 0.3) is 5.69 Å². The Bertz CT molecular complexity index is 936. The van der Waals surface area contributed by atoms with Crippen LogP contribution in [0.1, 0.15) is 5.56 Å². The van der Waals surface area contributed by atoms with Gasteiger partial charge in [0.1, 0.15) is 11.4 Å². The van der Waals surface area contributed by atoms with Crippen molar-refractivity contribution in [2.24, 2.45) is 10.2 Å². The number of phenols is 1. The molecule has 0 fully saturated rings. The van der Waals surface area contributed by atoms with Gasteiger partial charge in [0.05, 0.1) is 4.92 Å². The van der Waals surface area contributed by atoms with Gasteiger partial charge in [-0.05, 0) is 30.0 Å². The average molecular weight is 307 g/mol. The number of nitro benzene ring substituents is 1. The number of hydrogen-bond donors (Lipinski definition) is 1. The van der Waals surface area contributed by atoms with Crippen LogP contribution in [0.5, 0.6) is 5.75 Å². The van der Waals surface area contributed by atoms with Crippen molar-refractivity contribution in [2.75, 3.05) is 0 Å². The molecule has 0 heterocycles. The number of benzene rings is 3. The van der Waals surface area contributed by atoms with Crippen molar-refractivity contribution in [3.8, 4) is 5.75 Å². The van der Waals surface area contributed by atoms with Gasteiger partial charge in [-0.25, -0.2) is 0 Å². The second-order valence-corrected chi connectivity index (χ2v) is 5.10. The van der Waals surface area contributed by atoms with Crippen LogP contribution in [0.2, 0.25) is 0 Å². The molecule has 6 nitrogen and oxygen atoms in total. The van der Waals surface area contributed by atoms with Crippen LogP contribution in [0.4, 0.5) is 17.1 Å². The summed E-state index contributed by atoms with van der Waals surface area (Å²) in [6.45, 7) is 1.77. The predicted octanol–water partition coefficient (Wildman–Crippen LogP) is 5.18. The molecule has 0 aromatic heterocycles. The molecular formula is C17H13N3O3. The first kappa shape index (κ1) is 14.6. The molecule has 0 saturated carbocycles. The smallest absolute Gasteiger partial charge is 0.296 e. The Morgan fingerprint density at radius 1 is 1.04 bits per heavy atom. The molecule has 0 unspecified atom stereocenters. The number of azo groups is 1. The number of hydrogen-bond acceptors (Lipinski definition) is 5. The monoisotopic (exact) mass is 307 g/mol. The van der Waals surface area contributed by atoms with Gasteiger partial charge in [-0.15, -0.1) is 10.2 Å². The molecule has 114 valence electrons. The minimum atomic E-state index is -0.496. The Kier molecular flexibility index (Phi) is 3.72. The highest BCUT2D eigenvalue weighted by atomic mass is 16.6. The van der Waals surface area contributed by atoms with E-state index in [2.05, 4.69) is 10.2 Å². The summed E-state index contributed by atoms with van der Waals surface area (Å²) in [6, 6.07) is 15.4. The zero-order valence-electron chi connectivity index (χ0n) is 12.3. The number of rotatable bonds is 3. The van der Waals surface area contributed by atoms with E-state index in [1.165, 1.54) is 12.1 Å². The molecule has 0 aliphatic heterocycles. The molecule has 1 N–H and O–H groups in total. The molecule has 23 heavy (non-hydrogen) atoms. The van der Waals surface area contributed by atoms with Gasteiger partial charge in [0.2, 0.25) is 0 Å². The van der Waals surface area contributed by atoms with Gasteiger partial charge in [0.15, 0.2) is 5.69 Å². The highest BCUT2D eigenvalue weighted by molar-refractivity contribution is 5.95. The number of nitro groups is 1. The Morgan fingerprint density at radius 3 is 2.61 bits per heavy atom. The summed E-state index contributed by atoms with van der Waals surface area (Å²) in [5.41, 5.74) is 1.09. The largest absolute Gasteiger partial charge is 0.506 e. The first-order valence-electron chi connectivity index (χ1n) is 6.94. The predicted molar refractivity (Wildman–Crippen MR) is 87.6 cm³/mol. The number of phenolic OH excluding ortho intramolecular Hbond substituents is 1. The molecule has 3 aromatic carbocycles. The third-order valence-electron chi connectivity index (χ3n) is 3.46. The Morgan fingerprint density at radius 2 is 1.83 bits per heavy atom. The summed E-state index contributed by atoms with van der Waals surface area (Å²) in [5, 5.41) is 30.8. The Balaban J connectivity index is 2.11.